The van der Waals surface area contributed by atoms with Gasteiger partial charge in [0, 0.05) is 12.8 Å². The molecular weight excluding hydrogens is 186 g/mol. The van der Waals surface area contributed by atoms with Crippen molar-refractivity contribution in [2.45, 2.75) is 26.7 Å². The van der Waals surface area contributed by atoms with E-state index in [-0.39, 0.29) is 0 Å². The summed E-state index contributed by atoms with van der Waals surface area (Å²) in [6, 6.07) is 8.01. The van der Waals surface area contributed by atoms with Crippen molar-refractivity contribution in [1.29, 1.82) is 0 Å². The van der Waals surface area contributed by atoms with Crippen LogP contribution in [0.5, 0.6) is 5.75 Å². The van der Waals surface area contributed by atoms with Crippen molar-refractivity contribution in [3.63, 3.8) is 0 Å². The highest BCUT2D eigenvalue weighted by Gasteiger charge is 1.91. The van der Waals surface area contributed by atoms with Crippen LogP contribution in [0.4, 0.5) is 0 Å². The smallest absolute Gasteiger partial charge is 0.119 e. The first-order valence-electron chi connectivity index (χ1n) is 5.59. The minimum Gasteiger partial charge on any atom is -0.494 e. The monoisotopic (exact) mass is 205 g/mol. The van der Waals surface area contributed by atoms with Crippen molar-refractivity contribution >= 4 is 6.21 Å². The molecule has 15 heavy (non-hydrogen) atoms. The fraction of sp³-hybridized carbons (Fsp3) is 0.462. The molecule has 82 valence electrons. The predicted octanol–water partition coefficient (Wildman–Crippen LogP) is 3.30. The largest absolute Gasteiger partial charge is 0.494 e. The fourth-order valence-electron chi connectivity index (χ4n) is 1.24. The number of benzene rings is 1. The van der Waals surface area contributed by atoms with Crippen molar-refractivity contribution in [2.75, 3.05) is 13.2 Å². The summed E-state index contributed by atoms with van der Waals surface area (Å²) in [6.07, 6.45) is 4.28. The van der Waals surface area contributed by atoms with Crippen LogP contribution >= 0.6 is 0 Å². The van der Waals surface area contributed by atoms with Gasteiger partial charge in [0.1, 0.15) is 5.75 Å². The lowest BCUT2D eigenvalue weighted by molar-refractivity contribution is 0.340. The molecule has 0 spiro atoms. The summed E-state index contributed by atoms with van der Waals surface area (Å²) in [5.41, 5.74) is 1.13. The highest BCUT2D eigenvalue weighted by Crippen LogP contribution is 2.10. The first kappa shape index (κ1) is 11.8. The lowest BCUT2D eigenvalue weighted by Gasteiger charge is -2.01. The first-order valence-corrected chi connectivity index (χ1v) is 5.59. The molecule has 0 aliphatic carbocycles. The zero-order valence-electron chi connectivity index (χ0n) is 9.57. The van der Waals surface area contributed by atoms with E-state index in [1.165, 1.54) is 6.42 Å². The minimum absolute atomic E-state index is 0.712. The predicted molar refractivity (Wildman–Crippen MR) is 65.0 cm³/mol. The average molecular weight is 205 g/mol. The third-order valence-electron chi connectivity index (χ3n) is 2.07. The van der Waals surface area contributed by atoms with Crippen LogP contribution in [-0.2, 0) is 0 Å². The Morgan fingerprint density at radius 3 is 2.53 bits per heavy atom. The molecule has 0 saturated heterocycles. The summed E-state index contributed by atoms with van der Waals surface area (Å²) in [5, 5.41) is 0. The normalized spacial score (nSPS) is 10.8. The van der Waals surface area contributed by atoms with Gasteiger partial charge in [-0.15, -0.1) is 0 Å². The molecule has 0 bridgehead atoms. The van der Waals surface area contributed by atoms with Crippen LogP contribution in [-0.4, -0.2) is 19.4 Å². The number of ether oxygens (including phenoxy) is 1. The molecular formula is C13H19NO. The lowest BCUT2D eigenvalue weighted by atomic mass is 10.2. The van der Waals surface area contributed by atoms with E-state index in [0.29, 0.717) is 6.61 Å². The quantitative estimate of drug-likeness (QED) is 0.516. The van der Waals surface area contributed by atoms with Gasteiger partial charge in [0.05, 0.1) is 6.61 Å². The van der Waals surface area contributed by atoms with Gasteiger partial charge in [-0.25, -0.2) is 0 Å². The van der Waals surface area contributed by atoms with Crippen LogP contribution in [0.3, 0.4) is 0 Å². The van der Waals surface area contributed by atoms with Crippen LogP contribution in [0.15, 0.2) is 29.3 Å². The highest BCUT2D eigenvalue weighted by atomic mass is 16.5. The number of unbranched alkanes of at least 4 members (excludes halogenated alkanes) is 1. The van der Waals surface area contributed by atoms with Crippen molar-refractivity contribution in [3.8, 4) is 5.75 Å². The van der Waals surface area contributed by atoms with Crippen molar-refractivity contribution < 1.29 is 4.74 Å². The van der Waals surface area contributed by atoms with E-state index in [2.05, 4.69) is 11.9 Å². The van der Waals surface area contributed by atoms with Crippen molar-refractivity contribution in [3.05, 3.63) is 29.8 Å². The zero-order valence-corrected chi connectivity index (χ0v) is 9.57. The van der Waals surface area contributed by atoms with Crippen LogP contribution in [0.1, 0.15) is 32.3 Å². The lowest BCUT2D eigenvalue weighted by Crippen LogP contribution is -1.91. The molecule has 0 aromatic heterocycles. The van der Waals surface area contributed by atoms with Crippen LogP contribution in [0.2, 0.25) is 0 Å². The van der Waals surface area contributed by atoms with E-state index in [0.717, 1.165) is 24.3 Å². The molecule has 0 N–H and O–H groups in total. The maximum absolute atomic E-state index is 5.36. The molecule has 0 aliphatic rings. The Bertz CT molecular complexity index is 290. The van der Waals surface area contributed by atoms with E-state index in [9.17, 15) is 0 Å². The average Bonchev–Trinajstić information content (AvgIpc) is 2.27. The molecule has 1 rings (SSSR count). The molecule has 2 nitrogen and oxygen atoms in total. The van der Waals surface area contributed by atoms with Crippen LogP contribution in [0.25, 0.3) is 0 Å². The van der Waals surface area contributed by atoms with Gasteiger partial charge < -0.3 is 4.74 Å². The summed E-state index contributed by atoms with van der Waals surface area (Å²) >= 11 is 0. The second-order valence-corrected chi connectivity index (χ2v) is 3.39. The number of aliphatic imine (C=N–C) groups is 1. The Kier molecular flexibility index (Phi) is 5.52. The summed E-state index contributed by atoms with van der Waals surface area (Å²) in [5.74, 6) is 0.920. The summed E-state index contributed by atoms with van der Waals surface area (Å²) < 4.78 is 5.36. The van der Waals surface area contributed by atoms with E-state index in [1.54, 1.807) is 0 Å². The third kappa shape index (κ3) is 4.63. The minimum atomic E-state index is 0.712. The van der Waals surface area contributed by atoms with Gasteiger partial charge in [0.2, 0.25) is 0 Å². The molecule has 0 atom stereocenters. The zero-order chi connectivity index (χ0) is 10.9. The highest BCUT2D eigenvalue weighted by molar-refractivity contribution is 5.79. The standard InChI is InChI=1S/C13H19NO/c1-3-5-10-14-11-12-6-8-13(9-7-12)15-4-2/h6-9,11H,3-5,10H2,1-2H3. The first-order chi connectivity index (χ1) is 7.36. The Morgan fingerprint density at radius 1 is 1.20 bits per heavy atom. The van der Waals surface area contributed by atoms with Gasteiger partial charge in [-0.1, -0.05) is 13.3 Å². The molecule has 0 aliphatic heterocycles. The Balaban J connectivity index is 2.45. The molecule has 0 saturated carbocycles. The second kappa shape index (κ2) is 7.04. The van der Waals surface area contributed by atoms with Crippen LogP contribution in [0, 0.1) is 0 Å². The van der Waals surface area contributed by atoms with E-state index >= 15 is 0 Å². The summed E-state index contributed by atoms with van der Waals surface area (Å²) in [4.78, 5) is 4.34. The van der Waals surface area contributed by atoms with E-state index in [4.69, 9.17) is 4.74 Å². The molecule has 0 unspecified atom stereocenters. The Hall–Kier alpha value is -1.31. The molecule has 0 radical (unpaired) electrons. The Morgan fingerprint density at radius 2 is 1.93 bits per heavy atom. The number of hydrogen-bond acceptors (Lipinski definition) is 2. The molecule has 0 amide bonds. The maximum Gasteiger partial charge on any atom is 0.119 e. The third-order valence-corrected chi connectivity index (χ3v) is 2.07. The van der Waals surface area contributed by atoms with Crippen molar-refractivity contribution in [1.82, 2.24) is 0 Å². The van der Waals surface area contributed by atoms with Gasteiger partial charge >= 0.3 is 0 Å². The SMILES string of the molecule is CCCCN=Cc1ccc(OCC)cc1. The van der Waals surface area contributed by atoms with Crippen LogP contribution < -0.4 is 4.74 Å². The number of hydrogen-bond donors (Lipinski definition) is 0. The van der Waals surface area contributed by atoms with E-state index in [1.807, 2.05) is 37.4 Å². The van der Waals surface area contributed by atoms with E-state index < -0.39 is 0 Å². The summed E-state index contributed by atoms with van der Waals surface area (Å²) in [6.45, 7) is 5.79. The molecule has 1 aromatic carbocycles. The molecule has 2 heteroatoms. The van der Waals surface area contributed by atoms with Gasteiger partial charge in [-0.05, 0) is 43.2 Å². The van der Waals surface area contributed by atoms with Crippen molar-refractivity contribution in [2.24, 2.45) is 4.99 Å². The molecule has 0 heterocycles. The number of rotatable bonds is 6. The fourth-order valence-corrected chi connectivity index (χ4v) is 1.24. The van der Waals surface area contributed by atoms with Gasteiger partial charge in [-0.2, -0.15) is 0 Å². The molecule has 0 fully saturated rings. The second-order valence-electron chi connectivity index (χ2n) is 3.39. The topological polar surface area (TPSA) is 21.6 Å². The Labute approximate surface area is 92.0 Å². The maximum atomic E-state index is 5.36. The van der Waals surface area contributed by atoms with Gasteiger partial charge in [0.25, 0.3) is 0 Å². The summed E-state index contributed by atoms with van der Waals surface area (Å²) in [7, 11) is 0. The van der Waals surface area contributed by atoms with Gasteiger partial charge in [-0.3, -0.25) is 4.99 Å². The number of nitrogens with zero attached hydrogens (tertiary/aromatic N) is 1. The van der Waals surface area contributed by atoms with Gasteiger partial charge in [0.15, 0.2) is 0 Å². The molecule has 1 aromatic rings.